The molecule has 2 heterocycles. The highest BCUT2D eigenvalue weighted by Gasteiger charge is 2.13. The highest BCUT2D eigenvalue weighted by Crippen LogP contribution is 2.31. The van der Waals surface area contributed by atoms with E-state index in [1.54, 1.807) is 12.4 Å². The minimum Gasteiger partial charge on any atom is -0.278 e. The zero-order valence-corrected chi connectivity index (χ0v) is 13.2. The van der Waals surface area contributed by atoms with Crippen molar-refractivity contribution in [3.8, 4) is 17.2 Å². The molecular weight excluding hydrogens is 338 g/mol. The molecule has 0 fully saturated rings. The molecule has 0 aliphatic rings. The average Bonchev–Trinajstić information content (AvgIpc) is 2.95. The molecule has 0 atom stereocenters. The number of fused-ring (bicyclic) bond motifs is 1. The smallest absolute Gasteiger partial charge is 0.234 e. The fourth-order valence-corrected chi connectivity index (χ4v) is 3.04. The van der Waals surface area contributed by atoms with Gasteiger partial charge < -0.3 is 0 Å². The largest absolute Gasteiger partial charge is 0.278 e. The lowest BCUT2D eigenvalue weighted by Gasteiger charge is -2.09. The number of aromatic nitrogens is 3. The minimum absolute atomic E-state index is 0.679. The van der Waals surface area contributed by atoms with E-state index in [1.807, 2.05) is 30.3 Å². The van der Waals surface area contributed by atoms with Gasteiger partial charge in [0.15, 0.2) is 0 Å². The van der Waals surface area contributed by atoms with Gasteiger partial charge >= 0.3 is 0 Å². The van der Waals surface area contributed by atoms with Gasteiger partial charge in [0.05, 0.1) is 11.2 Å². The Kier molecular flexibility index (Phi) is 3.24. The summed E-state index contributed by atoms with van der Waals surface area (Å²) in [6.45, 7) is 0. The first kappa shape index (κ1) is 13.2. The summed E-state index contributed by atoms with van der Waals surface area (Å²) in [5, 5.41) is 1.17. The van der Waals surface area contributed by atoms with E-state index in [1.165, 1.54) is 5.39 Å². The molecule has 0 N–H and O–H groups in total. The molecule has 0 saturated heterocycles. The Morgan fingerprint density at radius 2 is 1.64 bits per heavy atom. The van der Waals surface area contributed by atoms with Crippen LogP contribution in [0.4, 0.5) is 0 Å². The monoisotopic (exact) mass is 349 g/mol. The fraction of sp³-hybridized carbons (Fsp3) is 0. The second kappa shape index (κ2) is 5.39. The van der Waals surface area contributed by atoms with Crippen LogP contribution < -0.4 is 0 Å². The molecule has 3 nitrogen and oxygen atoms in total. The summed E-state index contributed by atoms with van der Waals surface area (Å²) in [4.78, 5) is 8.84. The molecule has 0 saturated carbocycles. The predicted molar refractivity (Wildman–Crippen MR) is 92.0 cm³/mol. The second-order valence-electron chi connectivity index (χ2n) is 4.98. The molecule has 0 unspecified atom stereocenters. The van der Waals surface area contributed by atoms with Crippen molar-refractivity contribution in [2.75, 3.05) is 0 Å². The first-order chi connectivity index (χ1) is 10.8. The van der Waals surface area contributed by atoms with Crippen molar-refractivity contribution >= 4 is 26.8 Å². The summed E-state index contributed by atoms with van der Waals surface area (Å²) in [6, 6.07) is 20.5. The maximum atomic E-state index is 4.42. The van der Waals surface area contributed by atoms with Crippen LogP contribution in [0.15, 0.2) is 77.5 Å². The van der Waals surface area contributed by atoms with Crippen molar-refractivity contribution in [1.29, 1.82) is 0 Å². The fourth-order valence-electron chi connectivity index (χ4n) is 2.64. The normalized spacial score (nSPS) is 11.0. The van der Waals surface area contributed by atoms with Crippen LogP contribution in [0.5, 0.6) is 0 Å². The third-order valence-corrected chi connectivity index (χ3v) is 4.08. The van der Waals surface area contributed by atoms with Gasteiger partial charge in [-0.25, -0.2) is 9.97 Å². The molecule has 4 rings (SSSR count). The summed E-state index contributed by atoms with van der Waals surface area (Å²) >= 11 is 3.54. The van der Waals surface area contributed by atoms with E-state index in [4.69, 9.17) is 0 Å². The minimum atomic E-state index is 0.679. The van der Waals surface area contributed by atoms with Crippen LogP contribution >= 0.6 is 15.9 Å². The SMILES string of the molecule is Brc1cccc(-c2cc3ccccc3n2-c2ncccn2)c1. The van der Waals surface area contributed by atoms with Crippen molar-refractivity contribution in [1.82, 2.24) is 14.5 Å². The number of rotatable bonds is 2. The van der Waals surface area contributed by atoms with Crippen molar-refractivity contribution in [3.05, 3.63) is 77.5 Å². The summed E-state index contributed by atoms with van der Waals surface area (Å²) in [5.41, 5.74) is 3.30. The number of benzene rings is 2. The van der Waals surface area contributed by atoms with E-state index in [0.717, 1.165) is 21.2 Å². The molecule has 0 bridgehead atoms. The van der Waals surface area contributed by atoms with E-state index in [0.29, 0.717) is 5.95 Å². The maximum absolute atomic E-state index is 4.42. The number of nitrogens with zero attached hydrogens (tertiary/aromatic N) is 3. The quantitative estimate of drug-likeness (QED) is 0.517. The van der Waals surface area contributed by atoms with Crippen LogP contribution in [0.2, 0.25) is 0 Å². The lowest BCUT2D eigenvalue weighted by molar-refractivity contribution is 0.968. The third kappa shape index (κ3) is 2.22. The van der Waals surface area contributed by atoms with Crippen LogP contribution in [0.1, 0.15) is 0 Å². The number of para-hydroxylation sites is 1. The second-order valence-corrected chi connectivity index (χ2v) is 5.90. The number of hydrogen-bond acceptors (Lipinski definition) is 2. The molecular formula is C18H12BrN3. The Morgan fingerprint density at radius 3 is 2.45 bits per heavy atom. The molecule has 4 heteroatoms. The third-order valence-electron chi connectivity index (χ3n) is 3.58. The van der Waals surface area contributed by atoms with Gasteiger partial charge in [-0.3, -0.25) is 4.57 Å². The zero-order valence-electron chi connectivity index (χ0n) is 11.6. The Labute approximate surface area is 136 Å². The molecule has 0 aliphatic carbocycles. The Bertz CT molecular complexity index is 945. The van der Waals surface area contributed by atoms with E-state index >= 15 is 0 Å². The van der Waals surface area contributed by atoms with E-state index in [2.05, 4.69) is 60.8 Å². The van der Waals surface area contributed by atoms with Gasteiger partial charge in [-0.15, -0.1) is 0 Å². The lowest BCUT2D eigenvalue weighted by atomic mass is 10.1. The van der Waals surface area contributed by atoms with E-state index in [9.17, 15) is 0 Å². The molecule has 2 aromatic carbocycles. The molecule has 4 aromatic rings. The van der Waals surface area contributed by atoms with Crippen molar-refractivity contribution in [3.63, 3.8) is 0 Å². The maximum Gasteiger partial charge on any atom is 0.234 e. The highest BCUT2D eigenvalue weighted by atomic mass is 79.9. The molecule has 106 valence electrons. The molecule has 22 heavy (non-hydrogen) atoms. The van der Waals surface area contributed by atoms with Gasteiger partial charge in [0.1, 0.15) is 0 Å². The van der Waals surface area contributed by atoms with Gasteiger partial charge in [-0.1, -0.05) is 46.3 Å². The van der Waals surface area contributed by atoms with Gasteiger partial charge in [-0.2, -0.15) is 0 Å². The average molecular weight is 350 g/mol. The Hall–Kier alpha value is -2.46. The van der Waals surface area contributed by atoms with Crippen LogP contribution in [0.3, 0.4) is 0 Å². The summed E-state index contributed by atoms with van der Waals surface area (Å²) in [6.07, 6.45) is 3.53. The summed E-state index contributed by atoms with van der Waals surface area (Å²) in [5.74, 6) is 0.679. The van der Waals surface area contributed by atoms with Crippen LogP contribution in [0.25, 0.3) is 28.1 Å². The molecule has 0 spiro atoms. The molecule has 2 aromatic heterocycles. The van der Waals surface area contributed by atoms with Crippen LogP contribution in [-0.4, -0.2) is 14.5 Å². The van der Waals surface area contributed by atoms with Crippen LogP contribution in [0, 0.1) is 0 Å². The Morgan fingerprint density at radius 1 is 0.818 bits per heavy atom. The number of hydrogen-bond donors (Lipinski definition) is 0. The van der Waals surface area contributed by atoms with Crippen molar-refractivity contribution < 1.29 is 0 Å². The predicted octanol–water partition coefficient (Wildman–Crippen LogP) is 4.85. The topological polar surface area (TPSA) is 30.7 Å². The molecule has 0 radical (unpaired) electrons. The van der Waals surface area contributed by atoms with Gasteiger partial charge in [0, 0.05) is 22.3 Å². The standard InChI is InChI=1S/C18H12BrN3/c19-15-7-3-6-13(11-15)17-12-14-5-1-2-8-16(14)22(17)18-20-9-4-10-21-18/h1-12H. The lowest BCUT2D eigenvalue weighted by Crippen LogP contribution is -2.01. The summed E-state index contributed by atoms with van der Waals surface area (Å²) < 4.78 is 3.15. The molecule has 0 amide bonds. The zero-order chi connectivity index (χ0) is 14.9. The first-order valence-corrected chi connectivity index (χ1v) is 7.76. The summed E-state index contributed by atoms with van der Waals surface area (Å²) in [7, 11) is 0. The van der Waals surface area contributed by atoms with E-state index in [-0.39, 0.29) is 0 Å². The van der Waals surface area contributed by atoms with Crippen molar-refractivity contribution in [2.24, 2.45) is 0 Å². The van der Waals surface area contributed by atoms with Crippen LogP contribution in [-0.2, 0) is 0 Å². The van der Waals surface area contributed by atoms with Gasteiger partial charge in [-0.05, 0) is 35.9 Å². The number of halogens is 1. The Balaban J connectivity index is 2.06. The first-order valence-electron chi connectivity index (χ1n) is 6.97. The highest BCUT2D eigenvalue weighted by molar-refractivity contribution is 9.10. The van der Waals surface area contributed by atoms with Crippen molar-refractivity contribution in [2.45, 2.75) is 0 Å². The van der Waals surface area contributed by atoms with Gasteiger partial charge in [0.2, 0.25) is 5.95 Å². The molecule has 0 aliphatic heterocycles. The van der Waals surface area contributed by atoms with Gasteiger partial charge in [0.25, 0.3) is 0 Å². The van der Waals surface area contributed by atoms with E-state index < -0.39 is 0 Å².